The Morgan fingerprint density at radius 2 is 1.64 bits per heavy atom. The number of nitrogen functional groups attached to an aromatic ring is 1. The molecule has 0 radical (unpaired) electrons. The van der Waals surface area contributed by atoms with Gasteiger partial charge in [-0.05, 0) is 55.8 Å². The maximum absolute atomic E-state index is 13.3. The molecular weight excluding hydrogens is 319 g/mol. The number of nitrogens with two attached hydrogens (primary N) is 1. The van der Waals surface area contributed by atoms with E-state index in [4.69, 9.17) is 5.73 Å². The van der Waals surface area contributed by atoms with Crippen molar-refractivity contribution >= 4 is 11.6 Å². The van der Waals surface area contributed by atoms with E-state index in [1.807, 2.05) is 26.0 Å². The number of halogens is 1. The quantitative estimate of drug-likeness (QED) is 0.609. The van der Waals surface area contributed by atoms with E-state index in [1.165, 1.54) is 18.5 Å². The third kappa shape index (κ3) is 2.59. The van der Waals surface area contributed by atoms with Crippen molar-refractivity contribution in [3.63, 3.8) is 0 Å². The Morgan fingerprint density at radius 1 is 0.960 bits per heavy atom. The molecular formula is C18H15FN6. The first-order valence-corrected chi connectivity index (χ1v) is 7.74. The summed E-state index contributed by atoms with van der Waals surface area (Å²) in [6.07, 6.45) is 1.52. The molecule has 0 bridgehead atoms. The van der Waals surface area contributed by atoms with Gasteiger partial charge in [-0.15, -0.1) is 10.2 Å². The summed E-state index contributed by atoms with van der Waals surface area (Å²) in [6.45, 7) is 3.86. The van der Waals surface area contributed by atoms with Crippen molar-refractivity contribution in [1.29, 1.82) is 0 Å². The maximum atomic E-state index is 13.3. The molecule has 1 aromatic carbocycles. The van der Waals surface area contributed by atoms with Crippen molar-refractivity contribution in [2.45, 2.75) is 13.8 Å². The van der Waals surface area contributed by atoms with Gasteiger partial charge in [-0.1, -0.05) is 0 Å². The molecule has 0 aliphatic carbocycles. The monoisotopic (exact) mass is 334 g/mol. The van der Waals surface area contributed by atoms with Crippen LogP contribution in [0.25, 0.3) is 28.0 Å². The van der Waals surface area contributed by atoms with Crippen LogP contribution in [-0.2, 0) is 0 Å². The molecule has 0 fully saturated rings. The van der Waals surface area contributed by atoms with Gasteiger partial charge in [0.1, 0.15) is 12.1 Å². The molecule has 0 unspecified atom stereocenters. The largest absolute Gasteiger partial charge is 0.369 e. The molecule has 0 atom stereocenters. The zero-order chi connectivity index (χ0) is 17.6. The van der Waals surface area contributed by atoms with Gasteiger partial charge in [-0.3, -0.25) is 9.38 Å². The smallest absolute Gasteiger partial charge is 0.207 e. The van der Waals surface area contributed by atoms with E-state index in [0.717, 1.165) is 28.1 Å². The number of rotatable bonds is 2. The molecule has 3 aromatic heterocycles. The minimum atomic E-state index is -0.308. The third-order valence-electron chi connectivity index (χ3n) is 3.97. The standard InChI is InChI=1S/C18H15FN6/c1-10-7-13(8-11(2)22-10)15-16(12-3-5-14(19)6-4-12)23-18(20)25-9-21-24-17(15)25/h3-9H,1-2H3,(H2,20,23). The van der Waals surface area contributed by atoms with Crippen molar-refractivity contribution in [2.24, 2.45) is 0 Å². The Kier molecular flexibility index (Phi) is 3.42. The number of aromatic nitrogens is 5. The first-order valence-electron chi connectivity index (χ1n) is 7.74. The SMILES string of the molecule is Cc1cc(-c2c(-c3ccc(F)cc3)nc(N)n3cnnc23)cc(C)n1. The van der Waals surface area contributed by atoms with E-state index < -0.39 is 0 Å². The Morgan fingerprint density at radius 3 is 2.32 bits per heavy atom. The number of anilines is 1. The second kappa shape index (κ2) is 5.62. The second-order valence-corrected chi connectivity index (χ2v) is 5.86. The van der Waals surface area contributed by atoms with Crippen LogP contribution >= 0.6 is 0 Å². The highest BCUT2D eigenvalue weighted by atomic mass is 19.1. The summed E-state index contributed by atoms with van der Waals surface area (Å²) < 4.78 is 15.0. The van der Waals surface area contributed by atoms with E-state index in [1.54, 1.807) is 16.5 Å². The number of hydrogen-bond acceptors (Lipinski definition) is 5. The van der Waals surface area contributed by atoms with Gasteiger partial charge in [0.2, 0.25) is 5.95 Å². The Hall–Kier alpha value is -3.35. The lowest BCUT2D eigenvalue weighted by atomic mass is 9.99. The Labute approximate surface area is 143 Å². The highest BCUT2D eigenvalue weighted by Crippen LogP contribution is 2.35. The fraction of sp³-hybridized carbons (Fsp3) is 0.111. The number of nitrogens with zero attached hydrogens (tertiary/aromatic N) is 5. The summed E-state index contributed by atoms with van der Waals surface area (Å²) in [5, 5.41) is 8.18. The van der Waals surface area contributed by atoms with Crippen LogP contribution in [0.1, 0.15) is 11.4 Å². The third-order valence-corrected chi connectivity index (χ3v) is 3.97. The lowest BCUT2D eigenvalue weighted by molar-refractivity contribution is 0.628. The van der Waals surface area contributed by atoms with Crippen molar-refractivity contribution in [1.82, 2.24) is 24.6 Å². The lowest BCUT2D eigenvalue weighted by Gasteiger charge is -2.13. The van der Waals surface area contributed by atoms with Crippen LogP contribution in [0, 0.1) is 19.7 Å². The molecule has 0 amide bonds. The fourth-order valence-corrected chi connectivity index (χ4v) is 2.96. The topological polar surface area (TPSA) is 82.0 Å². The molecule has 124 valence electrons. The van der Waals surface area contributed by atoms with Gasteiger partial charge < -0.3 is 5.73 Å². The van der Waals surface area contributed by atoms with E-state index in [0.29, 0.717) is 11.3 Å². The summed E-state index contributed by atoms with van der Waals surface area (Å²) in [4.78, 5) is 8.95. The van der Waals surface area contributed by atoms with Gasteiger partial charge in [0.05, 0.1) is 11.3 Å². The average molecular weight is 334 g/mol. The molecule has 4 rings (SSSR count). The molecule has 6 nitrogen and oxygen atoms in total. The number of fused-ring (bicyclic) bond motifs is 1. The summed E-state index contributed by atoms with van der Waals surface area (Å²) >= 11 is 0. The molecule has 0 spiro atoms. The van der Waals surface area contributed by atoms with Crippen LogP contribution in [0.15, 0.2) is 42.7 Å². The zero-order valence-electron chi connectivity index (χ0n) is 13.7. The van der Waals surface area contributed by atoms with Crippen LogP contribution in [0.4, 0.5) is 10.3 Å². The van der Waals surface area contributed by atoms with Crippen LogP contribution in [0.3, 0.4) is 0 Å². The minimum Gasteiger partial charge on any atom is -0.369 e. The predicted molar refractivity (Wildman–Crippen MR) is 93.3 cm³/mol. The molecule has 25 heavy (non-hydrogen) atoms. The number of hydrogen-bond donors (Lipinski definition) is 1. The van der Waals surface area contributed by atoms with Crippen LogP contribution in [0.2, 0.25) is 0 Å². The van der Waals surface area contributed by atoms with Gasteiger partial charge in [0.25, 0.3) is 0 Å². The van der Waals surface area contributed by atoms with E-state index in [2.05, 4.69) is 20.2 Å². The fourth-order valence-electron chi connectivity index (χ4n) is 2.96. The normalized spacial score (nSPS) is 11.2. The second-order valence-electron chi connectivity index (χ2n) is 5.86. The molecule has 0 saturated carbocycles. The highest BCUT2D eigenvalue weighted by molar-refractivity contribution is 5.90. The molecule has 0 saturated heterocycles. The Balaban J connectivity index is 2.10. The first-order chi connectivity index (χ1) is 12.0. The molecule has 7 heteroatoms. The molecule has 0 aliphatic rings. The minimum absolute atomic E-state index is 0.269. The van der Waals surface area contributed by atoms with Crippen molar-refractivity contribution in [2.75, 3.05) is 5.73 Å². The van der Waals surface area contributed by atoms with Gasteiger partial charge in [-0.2, -0.15) is 0 Å². The lowest BCUT2D eigenvalue weighted by Crippen LogP contribution is -2.04. The van der Waals surface area contributed by atoms with Crippen molar-refractivity contribution in [3.05, 3.63) is 59.9 Å². The van der Waals surface area contributed by atoms with Crippen LogP contribution < -0.4 is 5.73 Å². The van der Waals surface area contributed by atoms with Crippen LogP contribution in [-0.4, -0.2) is 24.6 Å². The zero-order valence-corrected chi connectivity index (χ0v) is 13.7. The van der Waals surface area contributed by atoms with Gasteiger partial charge in [0.15, 0.2) is 5.65 Å². The summed E-state index contributed by atoms with van der Waals surface area (Å²) in [7, 11) is 0. The van der Waals surface area contributed by atoms with Crippen molar-refractivity contribution in [3.8, 4) is 22.4 Å². The van der Waals surface area contributed by atoms with Gasteiger partial charge >= 0.3 is 0 Å². The van der Waals surface area contributed by atoms with Crippen molar-refractivity contribution < 1.29 is 4.39 Å². The molecule has 4 aromatic rings. The number of pyridine rings is 1. The van der Waals surface area contributed by atoms with E-state index >= 15 is 0 Å². The number of benzene rings is 1. The molecule has 2 N–H and O–H groups in total. The molecule has 0 aliphatic heterocycles. The van der Waals surface area contributed by atoms with E-state index in [9.17, 15) is 4.39 Å². The van der Waals surface area contributed by atoms with E-state index in [-0.39, 0.29) is 11.8 Å². The van der Waals surface area contributed by atoms with Crippen LogP contribution in [0.5, 0.6) is 0 Å². The van der Waals surface area contributed by atoms with Gasteiger partial charge in [-0.25, -0.2) is 9.37 Å². The van der Waals surface area contributed by atoms with Gasteiger partial charge in [0, 0.05) is 17.0 Å². The predicted octanol–water partition coefficient (Wildman–Crippen LogP) is 3.19. The first kappa shape index (κ1) is 15.2. The maximum Gasteiger partial charge on any atom is 0.207 e. The summed E-state index contributed by atoms with van der Waals surface area (Å²) in [5.74, 6) is -0.0389. The summed E-state index contributed by atoms with van der Waals surface area (Å²) in [5.41, 5.74) is 11.5. The number of aryl methyl sites for hydroxylation is 2. The Bertz CT molecular complexity index is 1060. The average Bonchev–Trinajstić information content (AvgIpc) is 3.04. The summed E-state index contributed by atoms with van der Waals surface area (Å²) in [6, 6.07) is 10.1. The highest BCUT2D eigenvalue weighted by Gasteiger charge is 2.18. The molecule has 3 heterocycles.